The summed E-state index contributed by atoms with van der Waals surface area (Å²) in [5, 5.41) is 4.27. The van der Waals surface area contributed by atoms with Crippen LogP contribution in [-0.4, -0.2) is 22.8 Å². The van der Waals surface area contributed by atoms with E-state index in [1.165, 1.54) is 42.4 Å². The minimum atomic E-state index is 0.303. The van der Waals surface area contributed by atoms with Gasteiger partial charge in [0.2, 0.25) is 6.79 Å². The van der Waals surface area contributed by atoms with Gasteiger partial charge >= 0.3 is 0 Å². The van der Waals surface area contributed by atoms with Gasteiger partial charge in [-0.15, -0.1) is 0 Å². The standard InChI is InChI=1S/C22H26N2O2S/c1-15-9-16(2)11-18(10-15)23-22(27)24(19-5-3-4-6-19)13-17-7-8-20-21(12-17)26-14-25-20/h7-12,19H,3-6,13-14H2,1-2H3,(H,23,27). The van der Waals surface area contributed by atoms with Gasteiger partial charge in [-0.05, 0) is 79.9 Å². The zero-order valence-electron chi connectivity index (χ0n) is 16.0. The molecule has 1 fully saturated rings. The number of nitrogens with one attached hydrogen (secondary N) is 1. The Hall–Kier alpha value is -2.27. The quantitative estimate of drug-likeness (QED) is 0.738. The summed E-state index contributed by atoms with van der Waals surface area (Å²) < 4.78 is 11.0. The molecule has 0 unspecified atom stereocenters. The Bertz CT molecular complexity index is 826. The zero-order valence-corrected chi connectivity index (χ0v) is 16.8. The van der Waals surface area contributed by atoms with Crippen LogP contribution in [0.2, 0.25) is 0 Å². The van der Waals surface area contributed by atoms with Gasteiger partial charge in [0.25, 0.3) is 0 Å². The van der Waals surface area contributed by atoms with Crippen LogP contribution in [-0.2, 0) is 6.54 Å². The second-order valence-electron chi connectivity index (χ2n) is 7.56. The van der Waals surface area contributed by atoms with Gasteiger partial charge in [-0.2, -0.15) is 0 Å². The number of nitrogens with zero attached hydrogens (tertiary/aromatic N) is 1. The van der Waals surface area contributed by atoms with E-state index in [0.717, 1.165) is 28.8 Å². The van der Waals surface area contributed by atoms with Crippen LogP contribution >= 0.6 is 12.2 Å². The number of aryl methyl sites for hydroxylation is 2. The van der Waals surface area contributed by atoms with Crippen molar-refractivity contribution in [1.29, 1.82) is 0 Å². The molecular weight excluding hydrogens is 356 g/mol. The number of hydrogen-bond acceptors (Lipinski definition) is 3. The normalized spacial score (nSPS) is 15.8. The van der Waals surface area contributed by atoms with E-state index in [0.29, 0.717) is 12.8 Å². The Morgan fingerprint density at radius 2 is 1.74 bits per heavy atom. The summed E-state index contributed by atoms with van der Waals surface area (Å²) in [7, 11) is 0. The highest BCUT2D eigenvalue weighted by molar-refractivity contribution is 7.80. The molecule has 1 N–H and O–H groups in total. The molecule has 1 aliphatic carbocycles. The molecule has 0 aromatic heterocycles. The van der Waals surface area contributed by atoms with Crippen LogP contribution in [0.4, 0.5) is 5.69 Å². The van der Waals surface area contributed by atoms with E-state index in [4.69, 9.17) is 21.7 Å². The third kappa shape index (κ3) is 4.19. The molecule has 2 aromatic rings. The summed E-state index contributed by atoms with van der Waals surface area (Å²) in [6.07, 6.45) is 4.93. The molecule has 2 aliphatic rings. The first-order chi connectivity index (χ1) is 13.1. The van der Waals surface area contributed by atoms with Crippen molar-refractivity contribution in [3.63, 3.8) is 0 Å². The van der Waals surface area contributed by atoms with Gasteiger partial charge < -0.3 is 19.7 Å². The van der Waals surface area contributed by atoms with E-state index < -0.39 is 0 Å². The molecule has 4 nitrogen and oxygen atoms in total. The van der Waals surface area contributed by atoms with Gasteiger partial charge in [-0.3, -0.25) is 0 Å². The monoisotopic (exact) mass is 382 g/mol. The Balaban J connectivity index is 1.54. The maximum absolute atomic E-state index is 5.84. The van der Waals surface area contributed by atoms with Crippen molar-refractivity contribution in [3.8, 4) is 11.5 Å². The average Bonchev–Trinajstić information content (AvgIpc) is 3.29. The van der Waals surface area contributed by atoms with Crippen LogP contribution in [0.5, 0.6) is 11.5 Å². The fraction of sp³-hybridized carbons (Fsp3) is 0.409. The van der Waals surface area contributed by atoms with Crippen LogP contribution in [0, 0.1) is 13.8 Å². The number of fused-ring (bicyclic) bond motifs is 1. The van der Waals surface area contributed by atoms with Gasteiger partial charge in [0.15, 0.2) is 16.6 Å². The number of thiocarbonyl (C=S) groups is 1. The highest BCUT2D eigenvalue weighted by atomic mass is 32.1. The van der Waals surface area contributed by atoms with Crippen LogP contribution in [0.1, 0.15) is 42.4 Å². The predicted molar refractivity (Wildman–Crippen MR) is 113 cm³/mol. The average molecular weight is 383 g/mol. The summed E-state index contributed by atoms with van der Waals surface area (Å²) in [5.41, 5.74) is 4.73. The summed E-state index contributed by atoms with van der Waals surface area (Å²) >= 11 is 5.84. The van der Waals surface area contributed by atoms with Gasteiger partial charge in [-0.25, -0.2) is 0 Å². The minimum absolute atomic E-state index is 0.303. The molecule has 1 saturated carbocycles. The molecule has 0 spiro atoms. The molecule has 1 heterocycles. The Morgan fingerprint density at radius 3 is 2.48 bits per heavy atom. The van der Waals surface area contributed by atoms with E-state index in [9.17, 15) is 0 Å². The third-order valence-corrected chi connectivity index (χ3v) is 5.63. The lowest BCUT2D eigenvalue weighted by atomic mass is 10.1. The summed E-state index contributed by atoms with van der Waals surface area (Å²) in [4.78, 5) is 2.34. The summed E-state index contributed by atoms with van der Waals surface area (Å²) in [6, 6.07) is 13.1. The van der Waals surface area contributed by atoms with Crippen molar-refractivity contribution in [3.05, 3.63) is 53.1 Å². The van der Waals surface area contributed by atoms with E-state index in [2.05, 4.69) is 54.4 Å². The van der Waals surface area contributed by atoms with Crippen molar-refractivity contribution >= 4 is 23.0 Å². The first-order valence-corrected chi connectivity index (χ1v) is 10.0. The van der Waals surface area contributed by atoms with Crippen molar-refractivity contribution in [2.24, 2.45) is 0 Å². The highest BCUT2D eigenvalue weighted by Gasteiger charge is 2.25. The molecule has 2 aromatic carbocycles. The van der Waals surface area contributed by atoms with Crippen molar-refractivity contribution in [2.45, 2.75) is 52.1 Å². The van der Waals surface area contributed by atoms with Crippen LogP contribution in [0.15, 0.2) is 36.4 Å². The van der Waals surface area contributed by atoms with Crippen molar-refractivity contribution in [1.82, 2.24) is 4.90 Å². The van der Waals surface area contributed by atoms with Gasteiger partial charge in [0, 0.05) is 18.3 Å². The van der Waals surface area contributed by atoms with Gasteiger partial charge in [0.1, 0.15) is 0 Å². The second kappa shape index (κ2) is 7.77. The van der Waals surface area contributed by atoms with E-state index in [-0.39, 0.29) is 0 Å². The molecule has 4 rings (SSSR count). The number of benzene rings is 2. The Morgan fingerprint density at radius 1 is 1.04 bits per heavy atom. The smallest absolute Gasteiger partial charge is 0.231 e. The van der Waals surface area contributed by atoms with E-state index in [1.54, 1.807) is 0 Å². The molecular formula is C22H26N2O2S. The molecule has 5 heteroatoms. The first kappa shape index (κ1) is 18.1. The van der Waals surface area contributed by atoms with Crippen LogP contribution in [0.25, 0.3) is 0 Å². The van der Waals surface area contributed by atoms with E-state index in [1.807, 2.05) is 6.07 Å². The number of anilines is 1. The largest absolute Gasteiger partial charge is 0.454 e. The molecule has 0 atom stereocenters. The number of rotatable bonds is 4. The van der Waals surface area contributed by atoms with Crippen molar-refractivity contribution < 1.29 is 9.47 Å². The highest BCUT2D eigenvalue weighted by Crippen LogP contribution is 2.34. The molecule has 1 aliphatic heterocycles. The Kier molecular flexibility index (Phi) is 5.21. The first-order valence-electron chi connectivity index (χ1n) is 9.63. The molecule has 0 amide bonds. The fourth-order valence-corrected chi connectivity index (χ4v) is 4.39. The predicted octanol–water partition coefficient (Wildman–Crippen LogP) is 5.17. The van der Waals surface area contributed by atoms with Gasteiger partial charge in [-0.1, -0.05) is 25.0 Å². The number of hydrogen-bond donors (Lipinski definition) is 1. The third-order valence-electron chi connectivity index (χ3n) is 5.29. The Labute approximate surface area is 166 Å². The lowest BCUT2D eigenvalue weighted by Crippen LogP contribution is -2.41. The molecule has 0 saturated heterocycles. The van der Waals surface area contributed by atoms with Crippen LogP contribution < -0.4 is 14.8 Å². The SMILES string of the molecule is Cc1cc(C)cc(NC(=S)N(Cc2ccc3c(c2)OCO3)C2CCCC2)c1. The maximum Gasteiger partial charge on any atom is 0.231 e. The lowest BCUT2D eigenvalue weighted by Gasteiger charge is -2.32. The van der Waals surface area contributed by atoms with E-state index >= 15 is 0 Å². The van der Waals surface area contributed by atoms with Crippen LogP contribution in [0.3, 0.4) is 0 Å². The minimum Gasteiger partial charge on any atom is -0.454 e. The number of ether oxygens (including phenoxy) is 2. The fourth-order valence-electron chi connectivity index (χ4n) is 4.06. The van der Waals surface area contributed by atoms with Crippen molar-refractivity contribution in [2.75, 3.05) is 12.1 Å². The molecule has 27 heavy (non-hydrogen) atoms. The molecule has 0 bridgehead atoms. The maximum atomic E-state index is 5.84. The topological polar surface area (TPSA) is 33.7 Å². The molecule has 142 valence electrons. The summed E-state index contributed by atoms with van der Waals surface area (Å²) in [5.74, 6) is 1.65. The summed E-state index contributed by atoms with van der Waals surface area (Å²) in [6.45, 7) is 5.31. The van der Waals surface area contributed by atoms with Gasteiger partial charge in [0.05, 0.1) is 0 Å². The zero-order chi connectivity index (χ0) is 18.8. The lowest BCUT2D eigenvalue weighted by molar-refractivity contribution is 0.174. The molecule has 0 radical (unpaired) electrons. The second-order valence-corrected chi connectivity index (χ2v) is 7.95.